The van der Waals surface area contributed by atoms with Gasteiger partial charge in [0.15, 0.2) is 17.4 Å². The Balaban J connectivity index is 0.000000616. The normalized spacial score (nSPS) is 11.5. The molecule has 0 bridgehead atoms. The molecule has 9 nitrogen and oxygen atoms in total. The Kier molecular flexibility index (Phi) is 11.7. The number of nitrogens with one attached hydrogen (secondary N) is 4. The molecule has 0 aromatic carbocycles. The lowest BCUT2D eigenvalue weighted by Crippen LogP contribution is -2.10. The van der Waals surface area contributed by atoms with Gasteiger partial charge in [0.05, 0.1) is 18.4 Å². The molecule has 0 saturated heterocycles. The fourth-order valence-electron chi connectivity index (χ4n) is 3.12. The molecule has 4 rings (SSSR count). The third-order valence-electron chi connectivity index (χ3n) is 5.01. The van der Waals surface area contributed by atoms with Gasteiger partial charge in [-0.25, -0.2) is 15.0 Å². The molecule has 0 amide bonds. The van der Waals surface area contributed by atoms with Crippen LogP contribution in [0.15, 0.2) is 48.9 Å². The number of hydrogen-bond acceptors (Lipinski definition) is 9. The third kappa shape index (κ3) is 8.70. The van der Waals surface area contributed by atoms with E-state index in [1.54, 1.807) is 37.6 Å². The summed E-state index contributed by atoms with van der Waals surface area (Å²) < 4.78 is 5.50. The quantitative estimate of drug-likeness (QED) is 0.188. The van der Waals surface area contributed by atoms with E-state index < -0.39 is 0 Å². The SMILES string of the molecule is C#CCC.CNC.COc1c(C(C)=N)ccnc1Nc1cc(Nc2ccccn2)ncc1C(=O)C1CC1. The van der Waals surface area contributed by atoms with Gasteiger partial charge >= 0.3 is 0 Å². The minimum atomic E-state index is 0.0481. The fourth-order valence-corrected chi connectivity index (χ4v) is 3.12. The maximum atomic E-state index is 12.8. The number of terminal acetylenes is 1. The highest BCUT2D eigenvalue weighted by Gasteiger charge is 2.32. The van der Waals surface area contributed by atoms with Crippen molar-refractivity contribution >= 4 is 34.6 Å². The topological polar surface area (TPSA) is 125 Å². The molecular formula is C28H35N7O2. The third-order valence-corrected chi connectivity index (χ3v) is 5.01. The second-order valence-electron chi connectivity index (χ2n) is 8.14. The zero-order chi connectivity index (χ0) is 27.2. The molecule has 1 fully saturated rings. The van der Waals surface area contributed by atoms with Gasteiger partial charge in [-0.05, 0) is 52.1 Å². The van der Waals surface area contributed by atoms with Crippen molar-refractivity contribution in [3.63, 3.8) is 0 Å². The van der Waals surface area contributed by atoms with E-state index in [0.717, 1.165) is 19.3 Å². The summed E-state index contributed by atoms with van der Waals surface area (Å²) in [6, 6.07) is 9.02. The van der Waals surface area contributed by atoms with Crippen LogP contribution in [-0.2, 0) is 0 Å². The highest BCUT2D eigenvalue weighted by molar-refractivity contribution is 6.05. The van der Waals surface area contributed by atoms with Crippen molar-refractivity contribution in [2.45, 2.75) is 33.1 Å². The monoisotopic (exact) mass is 501 g/mol. The van der Waals surface area contributed by atoms with Crippen LogP contribution in [0.1, 0.15) is 49.0 Å². The van der Waals surface area contributed by atoms with Crippen LogP contribution in [0, 0.1) is 23.7 Å². The molecule has 3 heterocycles. The maximum absolute atomic E-state index is 12.8. The lowest BCUT2D eigenvalue weighted by atomic mass is 10.1. The largest absolute Gasteiger partial charge is 0.492 e. The molecule has 0 radical (unpaired) electrons. The molecule has 194 valence electrons. The first-order chi connectivity index (χ1) is 17.9. The van der Waals surface area contributed by atoms with Gasteiger partial charge in [-0.2, -0.15) is 0 Å². The van der Waals surface area contributed by atoms with Crippen LogP contribution in [0.5, 0.6) is 5.75 Å². The number of pyridine rings is 3. The Bertz CT molecular complexity index is 1220. The van der Waals surface area contributed by atoms with Crippen molar-refractivity contribution in [2.24, 2.45) is 5.92 Å². The summed E-state index contributed by atoms with van der Waals surface area (Å²) in [5, 5.41) is 17.1. The predicted molar refractivity (Wildman–Crippen MR) is 149 cm³/mol. The minimum Gasteiger partial charge on any atom is -0.492 e. The second kappa shape index (κ2) is 15.0. The van der Waals surface area contributed by atoms with Crippen molar-refractivity contribution in [1.82, 2.24) is 20.3 Å². The summed E-state index contributed by atoms with van der Waals surface area (Å²) in [7, 11) is 5.28. The van der Waals surface area contributed by atoms with Crippen molar-refractivity contribution in [2.75, 3.05) is 31.8 Å². The van der Waals surface area contributed by atoms with Crippen LogP contribution in [0.4, 0.5) is 23.1 Å². The highest BCUT2D eigenvalue weighted by Crippen LogP contribution is 2.37. The van der Waals surface area contributed by atoms with Crippen molar-refractivity contribution in [1.29, 1.82) is 5.41 Å². The van der Waals surface area contributed by atoms with Gasteiger partial charge in [-0.3, -0.25) is 4.79 Å². The average Bonchev–Trinajstić information content (AvgIpc) is 3.75. The number of methoxy groups -OCH3 is 1. The van der Waals surface area contributed by atoms with Crippen LogP contribution in [0.25, 0.3) is 0 Å². The van der Waals surface area contributed by atoms with Crippen molar-refractivity contribution < 1.29 is 9.53 Å². The van der Waals surface area contributed by atoms with Gasteiger partial charge in [-0.15, -0.1) is 12.3 Å². The summed E-state index contributed by atoms with van der Waals surface area (Å²) in [6.07, 6.45) is 12.3. The summed E-state index contributed by atoms with van der Waals surface area (Å²) in [4.78, 5) is 25.8. The van der Waals surface area contributed by atoms with E-state index >= 15 is 0 Å². The molecule has 3 aromatic heterocycles. The molecule has 9 heteroatoms. The smallest absolute Gasteiger partial charge is 0.173 e. The molecular weight excluding hydrogens is 466 g/mol. The molecule has 3 aromatic rings. The Hall–Kier alpha value is -4.29. The lowest BCUT2D eigenvalue weighted by molar-refractivity contribution is 0.0968. The standard InChI is InChI=1S/C22H22N6O2.C4H6.C2H7N/c1-13(23)15-8-10-25-22(21(15)30-2)27-17-11-19(28-18-5-3-4-9-24-18)26-12-16(17)20(29)14-6-7-14;1-3-4-2;1-3-2/h3-5,8-12,14,23H,6-7H2,1-2H3,(H2,24,25,26,27,28);1H,4H2,2H3;3H,1-2H3. The molecule has 0 atom stereocenters. The molecule has 0 aliphatic heterocycles. The number of carbonyl (C=O) groups excluding carboxylic acids is 1. The minimum absolute atomic E-state index is 0.0481. The van der Waals surface area contributed by atoms with Crippen LogP contribution in [0.2, 0.25) is 0 Å². The fraction of sp³-hybridized carbons (Fsp3) is 0.321. The lowest BCUT2D eigenvalue weighted by Gasteiger charge is -2.16. The molecule has 0 unspecified atom stereocenters. The average molecular weight is 502 g/mol. The van der Waals surface area contributed by atoms with Gasteiger partial charge in [-0.1, -0.05) is 13.0 Å². The zero-order valence-corrected chi connectivity index (χ0v) is 22.1. The van der Waals surface area contributed by atoms with E-state index in [-0.39, 0.29) is 11.7 Å². The highest BCUT2D eigenvalue weighted by atomic mass is 16.5. The summed E-state index contributed by atoms with van der Waals surface area (Å²) in [5.41, 5.74) is 2.07. The number of hydrogen-bond donors (Lipinski definition) is 4. The Labute approximate surface area is 219 Å². The number of Topliss-reactive ketones (excluding diaryl/α,β-unsaturated/α-hetero) is 1. The van der Waals surface area contributed by atoms with E-state index in [9.17, 15) is 4.79 Å². The summed E-state index contributed by atoms with van der Waals surface area (Å²) in [5.74, 6) is 4.61. The van der Waals surface area contributed by atoms with E-state index in [1.807, 2.05) is 39.2 Å². The summed E-state index contributed by atoms with van der Waals surface area (Å²) >= 11 is 0. The van der Waals surface area contributed by atoms with Crippen LogP contribution in [0.3, 0.4) is 0 Å². The number of ketones is 1. The van der Waals surface area contributed by atoms with E-state index in [1.165, 1.54) is 7.11 Å². The maximum Gasteiger partial charge on any atom is 0.173 e. The molecule has 0 spiro atoms. The number of ether oxygens (including phenoxy) is 1. The second-order valence-corrected chi connectivity index (χ2v) is 8.14. The number of rotatable bonds is 8. The first-order valence-corrected chi connectivity index (χ1v) is 12.0. The van der Waals surface area contributed by atoms with Gasteiger partial charge in [0.25, 0.3) is 0 Å². The van der Waals surface area contributed by atoms with Gasteiger partial charge < -0.3 is 26.1 Å². The number of anilines is 4. The molecule has 4 N–H and O–H groups in total. The summed E-state index contributed by atoms with van der Waals surface area (Å²) in [6.45, 7) is 3.63. The van der Waals surface area contributed by atoms with E-state index in [4.69, 9.17) is 16.6 Å². The molecule has 1 aliphatic carbocycles. The van der Waals surface area contributed by atoms with Gasteiger partial charge in [0.2, 0.25) is 0 Å². The molecule has 1 saturated carbocycles. The van der Waals surface area contributed by atoms with Crippen LogP contribution in [-0.4, -0.2) is 47.7 Å². The Morgan fingerprint density at radius 3 is 2.35 bits per heavy atom. The number of carbonyl (C=O) groups is 1. The number of nitrogens with zero attached hydrogens (tertiary/aromatic N) is 3. The van der Waals surface area contributed by atoms with Crippen molar-refractivity contribution in [3.05, 3.63) is 60.0 Å². The first-order valence-electron chi connectivity index (χ1n) is 12.0. The molecule has 1 aliphatic rings. The molecule has 37 heavy (non-hydrogen) atoms. The number of aromatic nitrogens is 3. The van der Waals surface area contributed by atoms with Gasteiger partial charge in [0, 0.05) is 48.3 Å². The van der Waals surface area contributed by atoms with Crippen LogP contribution >= 0.6 is 0 Å². The van der Waals surface area contributed by atoms with Gasteiger partial charge in [0.1, 0.15) is 11.6 Å². The van der Waals surface area contributed by atoms with E-state index in [2.05, 4.69) is 36.8 Å². The van der Waals surface area contributed by atoms with Crippen molar-refractivity contribution in [3.8, 4) is 18.1 Å². The van der Waals surface area contributed by atoms with Crippen LogP contribution < -0.4 is 20.7 Å². The first kappa shape index (κ1) is 28.9. The van der Waals surface area contributed by atoms with E-state index in [0.29, 0.717) is 45.7 Å². The Morgan fingerprint density at radius 1 is 1.11 bits per heavy atom. The zero-order valence-electron chi connectivity index (χ0n) is 22.1. The predicted octanol–water partition coefficient (Wildman–Crippen LogP) is 5.21. The Morgan fingerprint density at radius 2 is 1.81 bits per heavy atom.